The summed E-state index contributed by atoms with van der Waals surface area (Å²) in [5, 5.41) is 4.03. The lowest BCUT2D eigenvalue weighted by atomic mass is 10.2. The Labute approximate surface area is 122 Å². The van der Waals surface area contributed by atoms with Crippen molar-refractivity contribution >= 4 is 35.1 Å². The predicted octanol–water partition coefficient (Wildman–Crippen LogP) is 2.72. The lowest BCUT2D eigenvalue weighted by molar-refractivity contribution is 0.0938. The minimum atomic E-state index is -0.161. The number of aromatic nitrogens is 1. The molecule has 1 amide bonds. The van der Waals surface area contributed by atoms with E-state index < -0.39 is 0 Å². The fraction of sp³-hybridized carbons (Fsp3) is 0.538. The molecule has 6 heteroatoms. The number of nitrogens with two attached hydrogens (primary N) is 1. The average Bonchev–Trinajstić information content (AvgIpc) is 2.80. The Morgan fingerprint density at radius 3 is 3.16 bits per heavy atom. The maximum Gasteiger partial charge on any atom is 0.253 e. The second-order valence-electron chi connectivity index (χ2n) is 4.65. The molecule has 1 fully saturated rings. The Kier molecular flexibility index (Phi) is 4.93. The number of hydrogen-bond donors (Lipinski definition) is 2. The zero-order valence-corrected chi connectivity index (χ0v) is 12.4. The largest absolute Gasteiger partial charge is 0.384 e. The van der Waals surface area contributed by atoms with E-state index in [1.165, 1.54) is 12.3 Å². The first-order valence-electron chi connectivity index (χ1n) is 6.43. The molecule has 2 atom stereocenters. The molecule has 1 aromatic heterocycles. The molecule has 2 rings (SSSR count). The van der Waals surface area contributed by atoms with Crippen LogP contribution in [0, 0.1) is 0 Å². The van der Waals surface area contributed by atoms with Crippen LogP contribution in [0.2, 0.25) is 5.02 Å². The van der Waals surface area contributed by atoms with Crippen molar-refractivity contribution in [2.45, 2.75) is 37.5 Å². The molecule has 1 heterocycles. The van der Waals surface area contributed by atoms with Gasteiger partial charge in [0.2, 0.25) is 0 Å². The molecule has 0 spiro atoms. The highest BCUT2D eigenvalue weighted by Crippen LogP contribution is 2.30. The third kappa shape index (κ3) is 3.76. The first-order valence-corrected chi connectivity index (χ1v) is 7.86. The molecule has 4 nitrogen and oxygen atoms in total. The van der Waals surface area contributed by atoms with Crippen LogP contribution in [0.3, 0.4) is 0 Å². The zero-order chi connectivity index (χ0) is 13.8. The van der Waals surface area contributed by atoms with Gasteiger partial charge in [-0.1, -0.05) is 18.5 Å². The molecule has 0 aliphatic heterocycles. The molecular weight excluding hydrogens is 282 g/mol. The standard InChI is InChI=1S/C13H18ClN3OS/c1-2-19-9-4-3-8(5-9)17-13(18)10-6-12(15)16-7-11(10)14/h6-9H,2-5H2,1H3,(H2,15,16)(H,17,18). The van der Waals surface area contributed by atoms with Gasteiger partial charge < -0.3 is 11.1 Å². The van der Waals surface area contributed by atoms with Crippen LogP contribution in [0.5, 0.6) is 0 Å². The van der Waals surface area contributed by atoms with Gasteiger partial charge in [0.25, 0.3) is 5.91 Å². The van der Waals surface area contributed by atoms with Crippen LogP contribution in [0.4, 0.5) is 5.82 Å². The van der Waals surface area contributed by atoms with Crippen LogP contribution in [-0.4, -0.2) is 27.9 Å². The van der Waals surface area contributed by atoms with Crippen molar-refractivity contribution in [2.24, 2.45) is 0 Å². The van der Waals surface area contributed by atoms with Crippen LogP contribution >= 0.6 is 23.4 Å². The Bertz CT molecular complexity index is 469. The highest BCUT2D eigenvalue weighted by Gasteiger charge is 2.26. The van der Waals surface area contributed by atoms with E-state index in [-0.39, 0.29) is 11.9 Å². The molecule has 104 valence electrons. The van der Waals surface area contributed by atoms with Crippen molar-refractivity contribution in [3.63, 3.8) is 0 Å². The van der Waals surface area contributed by atoms with Crippen LogP contribution in [0.1, 0.15) is 36.5 Å². The molecule has 1 aliphatic rings. The molecule has 0 aromatic carbocycles. The van der Waals surface area contributed by atoms with E-state index in [2.05, 4.69) is 17.2 Å². The second-order valence-corrected chi connectivity index (χ2v) is 6.63. The Morgan fingerprint density at radius 1 is 1.63 bits per heavy atom. The molecule has 1 aliphatic carbocycles. The van der Waals surface area contributed by atoms with Crippen molar-refractivity contribution in [3.8, 4) is 0 Å². The topological polar surface area (TPSA) is 68.0 Å². The molecule has 0 saturated heterocycles. The van der Waals surface area contributed by atoms with Gasteiger partial charge >= 0.3 is 0 Å². The number of hydrogen-bond acceptors (Lipinski definition) is 4. The van der Waals surface area contributed by atoms with E-state index in [1.807, 2.05) is 11.8 Å². The summed E-state index contributed by atoms with van der Waals surface area (Å²) in [7, 11) is 0. The van der Waals surface area contributed by atoms with Crippen molar-refractivity contribution in [2.75, 3.05) is 11.5 Å². The van der Waals surface area contributed by atoms with E-state index in [4.69, 9.17) is 17.3 Å². The van der Waals surface area contributed by atoms with Crippen LogP contribution in [0.15, 0.2) is 12.3 Å². The molecule has 0 radical (unpaired) electrons. The van der Waals surface area contributed by atoms with Crippen LogP contribution < -0.4 is 11.1 Å². The molecular formula is C13H18ClN3OS. The van der Waals surface area contributed by atoms with Gasteiger partial charge in [-0.3, -0.25) is 4.79 Å². The third-order valence-corrected chi connectivity index (χ3v) is 4.78. The van der Waals surface area contributed by atoms with Crippen LogP contribution in [0.25, 0.3) is 0 Å². The van der Waals surface area contributed by atoms with E-state index in [1.54, 1.807) is 0 Å². The lowest BCUT2D eigenvalue weighted by Gasteiger charge is -2.14. The minimum Gasteiger partial charge on any atom is -0.384 e. The van der Waals surface area contributed by atoms with Gasteiger partial charge in [-0.2, -0.15) is 11.8 Å². The van der Waals surface area contributed by atoms with Gasteiger partial charge in [-0.05, 0) is 31.1 Å². The summed E-state index contributed by atoms with van der Waals surface area (Å²) in [6.45, 7) is 2.16. The molecule has 19 heavy (non-hydrogen) atoms. The maximum absolute atomic E-state index is 12.2. The van der Waals surface area contributed by atoms with Gasteiger partial charge in [0, 0.05) is 17.5 Å². The smallest absolute Gasteiger partial charge is 0.253 e. The third-order valence-electron chi connectivity index (χ3n) is 3.24. The average molecular weight is 300 g/mol. The second kappa shape index (κ2) is 6.48. The molecule has 1 saturated carbocycles. The quantitative estimate of drug-likeness (QED) is 0.897. The molecule has 0 bridgehead atoms. The van der Waals surface area contributed by atoms with E-state index in [0.717, 1.165) is 25.0 Å². The summed E-state index contributed by atoms with van der Waals surface area (Å²) < 4.78 is 0. The van der Waals surface area contributed by atoms with Crippen molar-refractivity contribution < 1.29 is 4.79 Å². The summed E-state index contributed by atoms with van der Waals surface area (Å²) in [6, 6.07) is 1.76. The maximum atomic E-state index is 12.2. The Morgan fingerprint density at radius 2 is 2.42 bits per heavy atom. The van der Waals surface area contributed by atoms with Gasteiger partial charge in [0.1, 0.15) is 5.82 Å². The van der Waals surface area contributed by atoms with Gasteiger partial charge in [0.15, 0.2) is 0 Å². The number of rotatable bonds is 4. The van der Waals surface area contributed by atoms with Crippen LogP contribution in [-0.2, 0) is 0 Å². The van der Waals surface area contributed by atoms with Gasteiger partial charge in [-0.15, -0.1) is 0 Å². The number of pyridine rings is 1. The number of nitrogens with one attached hydrogen (secondary N) is 1. The first kappa shape index (κ1) is 14.5. The number of nitrogens with zero attached hydrogens (tertiary/aromatic N) is 1. The van der Waals surface area contributed by atoms with E-state index >= 15 is 0 Å². The highest BCUT2D eigenvalue weighted by molar-refractivity contribution is 7.99. The minimum absolute atomic E-state index is 0.161. The normalized spacial score (nSPS) is 22.4. The fourth-order valence-electron chi connectivity index (χ4n) is 2.35. The number of amides is 1. The van der Waals surface area contributed by atoms with Gasteiger partial charge in [0.05, 0.1) is 10.6 Å². The Balaban J connectivity index is 1.96. The summed E-state index contributed by atoms with van der Waals surface area (Å²) in [5.74, 6) is 1.27. The number of thioether (sulfide) groups is 1. The SMILES string of the molecule is CCSC1CCC(NC(=O)c2cc(N)ncc2Cl)C1. The fourth-order valence-corrected chi connectivity index (χ4v) is 3.68. The van der Waals surface area contributed by atoms with Crippen molar-refractivity contribution in [1.82, 2.24) is 10.3 Å². The summed E-state index contributed by atoms with van der Waals surface area (Å²) in [4.78, 5) is 16.0. The van der Waals surface area contributed by atoms with Crippen molar-refractivity contribution in [3.05, 3.63) is 22.8 Å². The molecule has 1 aromatic rings. The number of carbonyl (C=O) groups is 1. The number of halogens is 1. The number of nitrogen functional groups attached to an aromatic ring is 1. The summed E-state index contributed by atoms with van der Waals surface area (Å²) in [5.41, 5.74) is 5.99. The monoisotopic (exact) mass is 299 g/mol. The Hall–Kier alpha value is -0.940. The predicted molar refractivity (Wildman–Crippen MR) is 80.7 cm³/mol. The molecule has 2 unspecified atom stereocenters. The zero-order valence-electron chi connectivity index (χ0n) is 10.9. The molecule has 3 N–H and O–H groups in total. The number of anilines is 1. The van der Waals surface area contributed by atoms with E-state index in [0.29, 0.717) is 21.7 Å². The number of carbonyl (C=O) groups excluding carboxylic acids is 1. The lowest BCUT2D eigenvalue weighted by Crippen LogP contribution is -2.33. The van der Waals surface area contributed by atoms with Crippen molar-refractivity contribution in [1.29, 1.82) is 0 Å². The first-order chi connectivity index (χ1) is 9.10. The highest BCUT2D eigenvalue weighted by atomic mass is 35.5. The summed E-state index contributed by atoms with van der Waals surface area (Å²) in [6.07, 6.45) is 4.63. The van der Waals surface area contributed by atoms with Gasteiger partial charge in [-0.25, -0.2) is 4.98 Å². The van der Waals surface area contributed by atoms with E-state index in [9.17, 15) is 4.79 Å². The summed E-state index contributed by atoms with van der Waals surface area (Å²) >= 11 is 7.94.